The summed E-state index contributed by atoms with van der Waals surface area (Å²) in [5, 5.41) is 14.0. The number of carbonyl (C=O) groups excluding carboxylic acids is 1. The van der Waals surface area contributed by atoms with Crippen molar-refractivity contribution in [3.63, 3.8) is 0 Å². The molecule has 0 aliphatic rings. The fourth-order valence-electron chi connectivity index (χ4n) is 2.00. The lowest BCUT2D eigenvalue weighted by atomic mass is 10.1. The maximum atomic E-state index is 12.7. The minimum atomic E-state index is -4.45. The molecule has 0 fully saturated rings. The molecule has 0 saturated heterocycles. The number of carbonyl (C=O) groups is 1. The zero-order valence-corrected chi connectivity index (χ0v) is 13.0. The van der Waals surface area contributed by atoms with Crippen LogP contribution in [0.25, 0.3) is 11.4 Å². The van der Waals surface area contributed by atoms with Gasteiger partial charge in [-0.2, -0.15) is 18.0 Å². The number of hydrogen-bond donors (Lipinski definition) is 1. The number of alkyl halides is 3. The number of rotatable bonds is 6. The van der Waals surface area contributed by atoms with Crippen LogP contribution in [0, 0.1) is 0 Å². The van der Waals surface area contributed by atoms with E-state index in [0.29, 0.717) is 6.61 Å². The Bertz CT molecular complexity index is 702. The molecule has 1 amide bonds. The lowest BCUT2D eigenvalue weighted by Gasteiger charge is -2.11. The van der Waals surface area contributed by atoms with Crippen molar-refractivity contribution in [1.82, 2.24) is 25.5 Å². The third kappa shape index (κ3) is 4.75. The van der Waals surface area contributed by atoms with E-state index in [1.54, 1.807) is 6.92 Å². The molecule has 10 heteroatoms. The quantitative estimate of drug-likeness (QED) is 0.860. The van der Waals surface area contributed by atoms with Crippen LogP contribution in [0.3, 0.4) is 0 Å². The maximum Gasteiger partial charge on any atom is 0.416 e. The molecule has 1 aromatic heterocycles. The summed E-state index contributed by atoms with van der Waals surface area (Å²) in [6.07, 6.45) is -4.45. The highest BCUT2D eigenvalue weighted by molar-refractivity contribution is 5.75. The van der Waals surface area contributed by atoms with Crippen molar-refractivity contribution in [2.24, 2.45) is 0 Å². The minimum Gasteiger partial charge on any atom is -0.383 e. The first-order valence-electron chi connectivity index (χ1n) is 7.03. The van der Waals surface area contributed by atoms with Crippen LogP contribution >= 0.6 is 0 Å². The predicted molar refractivity (Wildman–Crippen MR) is 77.7 cm³/mol. The van der Waals surface area contributed by atoms with Gasteiger partial charge in [0.1, 0.15) is 6.54 Å². The molecule has 1 N–H and O–H groups in total. The Hall–Kier alpha value is -2.49. The third-order valence-corrected chi connectivity index (χ3v) is 3.01. The Morgan fingerprint density at radius 3 is 2.83 bits per heavy atom. The summed E-state index contributed by atoms with van der Waals surface area (Å²) in [6, 6.07) is 4.41. The maximum absolute atomic E-state index is 12.7. The van der Waals surface area contributed by atoms with Crippen LogP contribution in [-0.4, -0.2) is 45.9 Å². The molecule has 2 aromatic rings. The van der Waals surface area contributed by atoms with Crippen molar-refractivity contribution in [2.45, 2.75) is 25.7 Å². The van der Waals surface area contributed by atoms with Gasteiger partial charge >= 0.3 is 6.18 Å². The van der Waals surface area contributed by atoms with Gasteiger partial charge in [-0.05, 0) is 24.3 Å². The van der Waals surface area contributed by atoms with Crippen molar-refractivity contribution in [2.75, 3.05) is 13.7 Å². The van der Waals surface area contributed by atoms with Gasteiger partial charge in [0.2, 0.25) is 11.7 Å². The van der Waals surface area contributed by atoms with Gasteiger partial charge in [-0.15, -0.1) is 10.2 Å². The van der Waals surface area contributed by atoms with E-state index in [1.807, 2.05) is 0 Å². The molecule has 24 heavy (non-hydrogen) atoms. The second-order valence-electron chi connectivity index (χ2n) is 5.15. The van der Waals surface area contributed by atoms with E-state index in [9.17, 15) is 18.0 Å². The average molecular weight is 343 g/mol. The van der Waals surface area contributed by atoms with Crippen molar-refractivity contribution >= 4 is 5.91 Å². The van der Waals surface area contributed by atoms with Crippen LogP contribution in [-0.2, 0) is 22.3 Å². The molecule has 130 valence electrons. The summed E-state index contributed by atoms with van der Waals surface area (Å²) >= 11 is 0. The van der Waals surface area contributed by atoms with Gasteiger partial charge in [-0.25, -0.2) is 0 Å². The van der Waals surface area contributed by atoms with Gasteiger partial charge in [0.25, 0.3) is 0 Å². The fourth-order valence-corrected chi connectivity index (χ4v) is 2.00. The van der Waals surface area contributed by atoms with Crippen molar-refractivity contribution in [3.8, 4) is 11.4 Å². The zero-order valence-electron chi connectivity index (χ0n) is 13.0. The molecule has 1 heterocycles. The second kappa shape index (κ2) is 7.39. The van der Waals surface area contributed by atoms with E-state index in [1.165, 1.54) is 19.2 Å². The lowest BCUT2D eigenvalue weighted by Crippen LogP contribution is -2.38. The number of ether oxygens (including phenoxy) is 1. The normalized spacial score (nSPS) is 12.9. The molecule has 1 aromatic carbocycles. The molecule has 0 unspecified atom stereocenters. The Kier molecular flexibility index (Phi) is 5.50. The van der Waals surface area contributed by atoms with E-state index in [-0.39, 0.29) is 29.9 Å². The summed E-state index contributed by atoms with van der Waals surface area (Å²) in [5.74, 6) is -0.341. The highest BCUT2D eigenvalue weighted by atomic mass is 19.4. The second-order valence-corrected chi connectivity index (χ2v) is 5.15. The fraction of sp³-hybridized carbons (Fsp3) is 0.429. The third-order valence-electron chi connectivity index (χ3n) is 3.01. The van der Waals surface area contributed by atoms with Crippen LogP contribution in [0.1, 0.15) is 12.5 Å². The molecular formula is C14H16F3N5O2. The van der Waals surface area contributed by atoms with Gasteiger partial charge in [0.05, 0.1) is 12.2 Å². The summed E-state index contributed by atoms with van der Waals surface area (Å²) < 4.78 is 43.1. The Balaban J connectivity index is 2.07. The zero-order chi connectivity index (χ0) is 17.7. The Morgan fingerprint density at radius 1 is 1.42 bits per heavy atom. The van der Waals surface area contributed by atoms with Gasteiger partial charge in [0.15, 0.2) is 0 Å². The number of nitrogens with zero attached hydrogens (tertiary/aromatic N) is 4. The van der Waals surface area contributed by atoms with E-state index >= 15 is 0 Å². The Labute approximate surface area is 135 Å². The monoisotopic (exact) mass is 343 g/mol. The minimum absolute atomic E-state index is 0.0128. The molecule has 7 nitrogen and oxygen atoms in total. The van der Waals surface area contributed by atoms with E-state index in [4.69, 9.17) is 4.74 Å². The van der Waals surface area contributed by atoms with Crippen LogP contribution in [0.2, 0.25) is 0 Å². The van der Waals surface area contributed by atoms with E-state index in [0.717, 1.165) is 16.9 Å². The number of tetrazole rings is 1. The van der Waals surface area contributed by atoms with Crippen molar-refractivity contribution < 1.29 is 22.7 Å². The standard InChI is InChI=1S/C14H16F3N5O2/c1-9(8-24-2)18-12(23)7-22-20-13(19-21-22)10-4-3-5-11(6-10)14(15,16)17/h3-6,9H,7-8H2,1-2H3,(H,18,23)/t9-/m0/s1. The average Bonchev–Trinajstić information content (AvgIpc) is 2.95. The molecule has 0 aliphatic carbocycles. The first kappa shape index (κ1) is 17.9. The largest absolute Gasteiger partial charge is 0.416 e. The molecule has 2 rings (SSSR count). The van der Waals surface area contributed by atoms with Crippen molar-refractivity contribution in [3.05, 3.63) is 29.8 Å². The summed E-state index contributed by atoms with van der Waals surface area (Å²) in [5.41, 5.74) is -0.633. The number of amides is 1. The van der Waals surface area contributed by atoms with E-state index in [2.05, 4.69) is 20.7 Å². The van der Waals surface area contributed by atoms with Gasteiger partial charge in [-0.1, -0.05) is 12.1 Å². The van der Waals surface area contributed by atoms with Crippen LogP contribution in [0.5, 0.6) is 0 Å². The number of nitrogens with one attached hydrogen (secondary N) is 1. The van der Waals surface area contributed by atoms with Gasteiger partial charge < -0.3 is 10.1 Å². The molecule has 0 bridgehead atoms. The lowest BCUT2D eigenvalue weighted by molar-refractivity contribution is -0.137. The first-order valence-corrected chi connectivity index (χ1v) is 7.03. The van der Waals surface area contributed by atoms with Crippen molar-refractivity contribution in [1.29, 1.82) is 0 Å². The topological polar surface area (TPSA) is 81.9 Å². The number of aromatic nitrogens is 4. The molecule has 0 aliphatic heterocycles. The van der Waals surface area contributed by atoms with Crippen LogP contribution in [0.4, 0.5) is 13.2 Å². The first-order chi connectivity index (χ1) is 11.3. The number of hydrogen-bond acceptors (Lipinski definition) is 5. The number of methoxy groups -OCH3 is 1. The molecule has 0 radical (unpaired) electrons. The summed E-state index contributed by atoms with van der Waals surface area (Å²) in [4.78, 5) is 12.8. The molecular weight excluding hydrogens is 327 g/mol. The smallest absolute Gasteiger partial charge is 0.383 e. The number of halogens is 3. The van der Waals surface area contributed by atoms with Gasteiger partial charge in [-0.3, -0.25) is 4.79 Å². The molecule has 1 atom stereocenters. The SMILES string of the molecule is COC[C@H](C)NC(=O)Cn1nnc(-c2cccc(C(F)(F)F)c2)n1. The number of benzene rings is 1. The van der Waals surface area contributed by atoms with E-state index < -0.39 is 11.7 Å². The summed E-state index contributed by atoms with van der Waals surface area (Å²) in [7, 11) is 1.52. The van der Waals surface area contributed by atoms with Crippen LogP contribution in [0.15, 0.2) is 24.3 Å². The van der Waals surface area contributed by atoms with Crippen LogP contribution < -0.4 is 5.32 Å². The molecule has 0 spiro atoms. The van der Waals surface area contributed by atoms with Gasteiger partial charge in [0, 0.05) is 18.7 Å². The Morgan fingerprint density at radius 2 is 2.17 bits per heavy atom. The predicted octanol–water partition coefficient (Wildman–Crippen LogP) is 1.51. The highest BCUT2D eigenvalue weighted by Gasteiger charge is 2.30. The summed E-state index contributed by atoms with van der Waals surface area (Å²) in [6.45, 7) is 1.93. The highest BCUT2D eigenvalue weighted by Crippen LogP contribution is 2.31. The molecule has 0 saturated carbocycles.